The Morgan fingerprint density at radius 1 is 1.60 bits per heavy atom. The fourth-order valence-corrected chi connectivity index (χ4v) is 1.54. The Balaban J connectivity index is 3.22. The molecule has 0 aliphatic heterocycles. The third kappa shape index (κ3) is 3.04. The average Bonchev–Trinajstić information content (AvgIpc) is 2.09. The van der Waals surface area contributed by atoms with Gasteiger partial charge in [0, 0.05) is 17.0 Å². The maximum absolute atomic E-state index is 13.1. The molecule has 0 amide bonds. The van der Waals surface area contributed by atoms with E-state index in [0.29, 0.717) is 0 Å². The van der Waals surface area contributed by atoms with Crippen molar-refractivity contribution in [1.29, 1.82) is 0 Å². The minimum absolute atomic E-state index is 0.200. The van der Waals surface area contributed by atoms with Gasteiger partial charge in [-0.25, -0.2) is 4.39 Å². The van der Waals surface area contributed by atoms with Crippen molar-refractivity contribution in [2.75, 3.05) is 0 Å². The lowest BCUT2D eigenvalue weighted by Gasteiger charge is -2.05. The number of hydrogen-bond donors (Lipinski definition) is 0. The second-order valence-corrected chi connectivity index (χ2v) is 4.29. The summed E-state index contributed by atoms with van der Waals surface area (Å²) in [6, 6.07) is 2.06. The first-order valence-corrected chi connectivity index (χ1v) is 4.99. The van der Waals surface area contributed by atoms with Crippen molar-refractivity contribution in [3.63, 3.8) is 0 Å². The highest BCUT2D eigenvalue weighted by Crippen LogP contribution is 2.27. The molecule has 0 aromatic heterocycles. The molecule has 1 aromatic rings. The zero-order valence-corrected chi connectivity index (χ0v) is 9.35. The van der Waals surface area contributed by atoms with Gasteiger partial charge in [-0.3, -0.25) is 10.1 Å². The average molecular weight is 252 g/mol. The van der Waals surface area contributed by atoms with Gasteiger partial charge in [0.2, 0.25) is 0 Å². The lowest BCUT2D eigenvalue weighted by atomic mass is 10.1. The van der Waals surface area contributed by atoms with E-state index in [4.69, 9.17) is 23.2 Å². The van der Waals surface area contributed by atoms with E-state index in [0.717, 1.165) is 12.1 Å². The van der Waals surface area contributed by atoms with Crippen LogP contribution < -0.4 is 0 Å². The topological polar surface area (TPSA) is 43.1 Å². The second-order valence-electron chi connectivity index (χ2n) is 3.14. The van der Waals surface area contributed by atoms with Crippen LogP contribution in [0.3, 0.4) is 0 Å². The molecule has 1 rings (SSSR count). The lowest BCUT2D eigenvalue weighted by Crippen LogP contribution is -2.02. The van der Waals surface area contributed by atoms with Gasteiger partial charge in [-0.05, 0) is 19.4 Å². The molecule has 1 unspecified atom stereocenters. The van der Waals surface area contributed by atoms with Crippen molar-refractivity contribution >= 4 is 28.9 Å². The van der Waals surface area contributed by atoms with E-state index in [9.17, 15) is 14.5 Å². The van der Waals surface area contributed by atoms with Gasteiger partial charge in [-0.2, -0.15) is 0 Å². The number of nitrogens with zero attached hydrogens (tertiary/aromatic N) is 1. The van der Waals surface area contributed by atoms with Crippen LogP contribution in [0.5, 0.6) is 0 Å². The maximum Gasteiger partial charge on any atom is 0.274 e. The summed E-state index contributed by atoms with van der Waals surface area (Å²) in [7, 11) is 0. The first-order chi connectivity index (χ1) is 6.91. The minimum Gasteiger partial charge on any atom is -0.258 e. The minimum atomic E-state index is -0.672. The molecule has 0 aliphatic rings. The fraction of sp³-hybridized carbons (Fsp3) is 0.333. The smallest absolute Gasteiger partial charge is 0.258 e. The van der Waals surface area contributed by atoms with Crippen molar-refractivity contribution in [1.82, 2.24) is 0 Å². The van der Waals surface area contributed by atoms with E-state index in [2.05, 4.69) is 0 Å². The van der Waals surface area contributed by atoms with Crippen LogP contribution >= 0.6 is 23.2 Å². The molecule has 3 nitrogen and oxygen atoms in total. The number of alkyl halides is 1. The van der Waals surface area contributed by atoms with Gasteiger partial charge in [0.15, 0.2) is 0 Å². The second kappa shape index (κ2) is 4.77. The Kier molecular flexibility index (Phi) is 3.88. The first-order valence-electron chi connectivity index (χ1n) is 4.18. The van der Waals surface area contributed by atoms with Gasteiger partial charge >= 0.3 is 0 Å². The number of nitro benzene ring substituents is 1. The number of rotatable bonds is 3. The summed E-state index contributed by atoms with van der Waals surface area (Å²) in [5.41, 5.74) is 0.0540. The van der Waals surface area contributed by atoms with E-state index in [-0.39, 0.29) is 28.1 Å². The van der Waals surface area contributed by atoms with E-state index < -0.39 is 10.7 Å². The zero-order chi connectivity index (χ0) is 11.6. The van der Waals surface area contributed by atoms with Gasteiger partial charge in [-0.1, -0.05) is 11.6 Å². The molecule has 0 saturated carbocycles. The normalized spacial score (nSPS) is 12.5. The number of benzene rings is 1. The zero-order valence-electron chi connectivity index (χ0n) is 7.84. The Bertz CT molecular complexity index is 396. The third-order valence-electron chi connectivity index (χ3n) is 1.82. The van der Waals surface area contributed by atoms with Crippen molar-refractivity contribution in [2.45, 2.75) is 18.7 Å². The Morgan fingerprint density at radius 3 is 2.67 bits per heavy atom. The quantitative estimate of drug-likeness (QED) is 0.469. The van der Waals surface area contributed by atoms with E-state index in [1.807, 2.05) is 0 Å². The summed E-state index contributed by atoms with van der Waals surface area (Å²) >= 11 is 11.2. The van der Waals surface area contributed by atoms with Crippen LogP contribution in [0.2, 0.25) is 5.02 Å². The highest BCUT2D eigenvalue weighted by molar-refractivity contribution is 6.31. The summed E-state index contributed by atoms with van der Waals surface area (Å²) in [4.78, 5) is 10.1. The summed E-state index contributed by atoms with van der Waals surface area (Å²) < 4.78 is 13.1. The summed E-state index contributed by atoms with van der Waals surface area (Å²) in [5, 5.41) is 10.1. The fourth-order valence-electron chi connectivity index (χ4n) is 1.21. The van der Waals surface area contributed by atoms with Crippen LogP contribution in [0.15, 0.2) is 12.1 Å². The Hall–Kier alpha value is -0.870. The largest absolute Gasteiger partial charge is 0.274 e. The van der Waals surface area contributed by atoms with E-state index in [1.165, 1.54) is 0 Å². The van der Waals surface area contributed by atoms with Crippen molar-refractivity contribution in [2.24, 2.45) is 0 Å². The number of nitro groups is 1. The molecule has 6 heteroatoms. The van der Waals surface area contributed by atoms with Crippen LogP contribution in [-0.4, -0.2) is 10.3 Å². The number of hydrogen-bond acceptors (Lipinski definition) is 2. The van der Waals surface area contributed by atoms with Gasteiger partial charge in [0.1, 0.15) is 5.82 Å². The molecule has 82 valence electrons. The molecule has 15 heavy (non-hydrogen) atoms. The van der Waals surface area contributed by atoms with Crippen molar-refractivity contribution < 1.29 is 9.31 Å². The van der Waals surface area contributed by atoms with E-state index in [1.54, 1.807) is 6.92 Å². The monoisotopic (exact) mass is 251 g/mol. The molecule has 0 spiro atoms. The van der Waals surface area contributed by atoms with E-state index >= 15 is 0 Å². The first kappa shape index (κ1) is 12.2. The predicted molar refractivity (Wildman–Crippen MR) is 57.1 cm³/mol. The van der Waals surface area contributed by atoms with Gasteiger partial charge in [-0.15, -0.1) is 11.6 Å². The molecular formula is C9H8Cl2FNO2. The summed E-state index contributed by atoms with van der Waals surface area (Å²) in [5.74, 6) is -0.672. The molecule has 0 aliphatic carbocycles. The summed E-state index contributed by atoms with van der Waals surface area (Å²) in [6.07, 6.45) is 0.228. The molecule has 0 N–H and O–H groups in total. The van der Waals surface area contributed by atoms with Crippen LogP contribution in [0.4, 0.5) is 10.1 Å². The molecule has 0 radical (unpaired) electrons. The van der Waals surface area contributed by atoms with Crippen molar-refractivity contribution in [3.05, 3.63) is 38.7 Å². The molecule has 0 saturated heterocycles. The summed E-state index contributed by atoms with van der Waals surface area (Å²) in [6.45, 7) is 1.68. The van der Waals surface area contributed by atoms with Crippen LogP contribution in [0, 0.1) is 15.9 Å². The van der Waals surface area contributed by atoms with Crippen LogP contribution in [-0.2, 0) is 6.42 Å². The SMILES string of the molecule is CC(Cl)Cc1cc(F)c(Cl)cc1[N+](=O)[O-]. The predicted octanol–water partition coefficient (Wildman–Crippen LogP) is 3.56. The maximum atomic E-state index is 13.1. The highest BCUT2D eigenvalue weighted by Gasteiger charge is 2.18. The number of halogens is 3. The molecule has 0 bridgehead atoms. The Morgan fingerprint density at radius 2 is 2.20 bits per heavy atom. The van der Waals surface area contributed by atoms with Gasteiger partial charge in [0.25, 0.3) is 5.69 Å². The van der Waals surface area contributed by atoms with Gasteiger partial charge in [0.05, 0.1) is 9.95 Å². The Labute approximate surface area is 96.0 Å². The molecule has 0 heterocycles. The standard InChI is InChI=1S/C9H8Cl2FNO2/c1-5(10)2-6-3-8(12)7(11)4-9(6)13(14)15/h3-5H,2H2,1H3. The molecular weight excluding hydrogens is 244 g/mol. The van der Waals surface area contributed by atoms with Gasteiger partial charge < -0.3 is 0 Å². The van der Waals surface area contributed by atoms with Crippen molar-refractivity contribution in [3.8, 4) is 0 Å². The molecule has 1 aromatic carbocycles. The van der Waals surface area contributed by atoms with Crippen LogP contribution in [0.1, 0.15) is 12.5 Å². The highest BCUT2D eigenvalue weighted by atomic mass is 35.5. The van der Waals surface area contributed by atoms with Crippen LogP contribution in [0.25, 0.3) is 0 Å². The molecule has 0 fully saturated rings. The molecule has 1 atom stereocenters. The third-order valence-corrected chi connectivity index (χ3v) is 2.26. The lowest BCUT2D eigenvalue weighted by molar-refractivity contribution is -0.385.